The quantitative estimate of drug-likeness (QED) is 0.896. The molecule has 5 heteroatoms. The molecule has 1 aromatic heterocycles. The largest absolute Gasteiger partial charge is 0.478 e. The first-order valence-electron chi connectivity index (χ1n) is 5.86. The molecule has 5 nitrogen and oxygen atoms in total. The molecule has 0 radical (unpaired) electrons. The average molecular weight is 245 g/mol. The fourth-order valence-electron chi connectivity index (χ4n) is 1.87. The van der Waals surface area contributed by atoms with Gasteiger partial charge in [0.2, 0.25) is 0 Å². The molecular formula is C13H15N3O2. The van der Waals surface area contributed by atoms with Gasteiger partial charge in [0.1, 0.15) is 0 Å². The summed E-state index contributed by atoms with van der Waals surface area (Å²) >= 11 is 0. The first-order valence-corrected chi connectivity index (χ1v) is 5.86. The number of carboxylic acid groups (broad SMARTS) is 1. The lowest BCUT2D eigenvalue weighted by molar-refractivity contribution is 0.0697. The monoisotopic (exact) mass is 245 g/mol. The number of hydrogen-bond donors (Lipinski definition) is 1. The van der Waals surface area contributed by atoms with Crippen molar-refractivity contribution in [3.8, 4) is 11.4 Å². The number of rotatable bonds is 4. The first-order chi connectivity index (χ1) is 8.63. The zero-order valence-electron chi connectivity index (χ0n) is 10.4. The van der Waals surface area contributed by atoms with Gasteiger partial charge in [0.15, 0.2) is 11.6 Å². The van der Waals surface area contributed by atoms with Gasteiger partial charge in [-0.2, -0.15) is 5.10 Å². The van der Waals surface area contributed by atoms with Crippen LogP contribution < -0.4 is 0 Å². The highest BCUT2D eigenvalue weighted by Gasteiger charge is 2.16. The highest BCUT2D eigenvalue weighted by Crippen LogP contribution is 2.21. The molecule has 0 aliphatic heterocycles. The standard InChI is InChI=1S/C13H15N3O2/c1-3-6-11-14-12(16(2)15-11)9-7-4-5-8-10(9)13(17)18/h4-5,7-8H,3,6H2,1-2H3,(H,17,18). The number of aromatic carboxylic acids is 1. The second-order valence-corrected chi connectivity index (χ2v) is 4.08. The third-order valence-corrected chi connectivity index (χ3v) is 2.68. The molecule has 0 saturated carbocycles. The van der Waals surface area contributed by atoms with Crippen molar-refractivity contribution in [1.82, 2.24) is 14.8 Å². The molecule has 1 N–H and O–H groups in total. The van der Waals surface area contributed by atoms with Gasteiger partial charge >= 0.3 is 5.97 Å². The predicted molar refractivity (Wildman–Crippen MR) is 67.4 cm³/mol. The van der Waals surface area contributed by atoms with E-state index in [4.69, 9.17) is 0 Å². The summed E-state index contributed by atoms with van der Waals surface area (Å²) in [5.74, 6) is 0.386. The average Bonchev–Trinajstić information content (AvgIpc) is 2.70. The van der Waals surface area contributed by atoms with Crippen LogP contribution in [0.4, 0.5) is 0 Å². The molecule has 0 aliphatic carbocycles. The summed E-state index contributed by atoms with van der Waals surface area (Å²) in [5.41, 5.74) is 0.846. The molecule has 0 unspecified atom stereocenters. The summed E-state index contributed by atoms with van der Waals surface area (Å²) < 4.78 is 1.63. The van der Waals surface area contributed by atoms with Gasteiger partial charge in [-0.15, -0.1) is 0 Å². The molecule has 94 valence electrons. The van der Waals surface area contributed by atoms with Gasteiger partial charge in [-0.25, -0.2) is 14.5 Å². The van der Waals surface area contributed by atoms with E-state index in [0.29, 0.717) is 11.4 Å². The minimum Gasteiger partial charge on any atom is -0.478 e. The Balaban J connectivity index is 2.51. The molecule has 0 saturated heterocycles. The van der Waals surface area contributed by atoms with Gasteiger partial charge in [0.05, 0.1) is 5.56 Å². The Morgan fingerprint density at radius 2 is 2.11 bits per heavy atom. The van der Waals surface area contributed by atoms with Crippen molar-refractivity contribution in [3.63, 3.8) is 0 Å². The van der Waals surface area contributed by atoms with Crippen LogP contribution >= 0.6 is 0 Å². The van der Waals surface area contributed by atoms with Gasteiger partial charge in [0, 0.05) is 19.0 Å². The molecule has 1 heterocycles. The minimum atomic E-state index is -0.953. The third-order valence-electron chi connectivity index (χ3n) is 2.68. The predicted octanol–water partition coefficient (Wildman–Crippen LogP) is 2.13. The van der Waals surface area contributed by atoms with Gasteiger partial charge in [-0.3, -0.25) is 0 Å². The second-order valence-electron chi connectivity index (χ2n) is 4.08. The second kappa shape index (κ2) is 5.00. The number of aromatic nitrogens is 3. The molecule has 0 amide bonds. The van der Waals surface area contributed by atoms with Crippen molar-refractivity contribution in [2.24, 2.45) is 7.05 Å². The Bertz CT molecular complexity index is 575. The number of nitrogens with zero attached hydrogens (tertiary/aromatic N) is 3. The Morgan fingerprint density at radius 3 is 2.78 bits per heavy atom. The highest BCUT2D eigenvalue weighted by molar-refractivity contribution is 5.94. The van der Waals surface area contributed by atoms with Gasteiger partial charge in [0.25, 0.3) is 0 Å². The van der Waals surface area contributed by atoms with Gasteiger partial charge < -0.3 is 5.11 Å². The molecule has 0 fully saturated rings. The Hall–Kier alpha value is -2.17. The number of hydrogen-bond acceptors (Lipinski definition) is 3. The van der Waals surface area contributed by atoms with E-state index in [9.17, 15) is 9.90 Å². The molecule has 1 aromatic carbocycles. The zero-order chi connectivity index (χ0) is 13.1. The van der Waals surface area contributed by atoms with E-state index < -0.39 is 5.97 Å². The summed E-state index contributed by atoms with van der Waals surface area (Å²) in [6.45, 7) is 2.06. The Kier molecular flexibility index (Phi) is 3.41. The molecular weight excluding hydrogens is 230 g/mol. The molecule has 0 aliphatic rings. The van der Waals surface area contributed by atoms with Crippen molar-refractivity contribution in [3.05, 3.63) is 35.7 Å². The summed E-state index contributed by atoms with van der Waals surface area (Å²) in [6, 6.07) is 6.83. The summed E-state index contributed by atoms with van der Waals surface area (Å²) in [4.78, 5) is 15.6. The molecule has 0 atom stereocenters. The van der Waals surface area contributed by atoms with Crippen molar-refractivity contribution in [2.75, 3.05) is 0 Å². The maximum Gasteiger partial charge on any atom is 0.336 e. The first kappa shape index (κ1) is 12.3. The molecule has 2 aromatic rings. The normalized spacial score (nSPS) is 10.6. The number of carbonyl (C=O) groups is 1. The van der Waals surface area contributed by atoms with Crippen molar-refractivity contribution in [1.29, 1.82) is 0 Å². The van der Waals surface area contributed by atoms with Crippen molar-refractivity contribution < 1.29 is 9.90 Å². The molecule has 18 heavy (non-hydrogen) atoms. The van der Waals surface area contributed by atoms with Crippen LogP contribution in [0, 0.1) is 0 Å². The van der Waals surface area contributed by atoms with Gasteiger partial charge in [-0.1, -0.05) is 25.1 Å². The van der Waals surface area contributed by atoms with Crippen molar-refractivity contribution >= 4 is 5.97 Å². The number of carboxylic acids is 1. The van der Waals surface area contributed by atoms with E-state index in [0.717, 1.165) is 18.7 Å². The summed E-state index contributed by atoms with van der Waals surface area (Å²) in [7, 11) is 1.78. The van der Waals surface area contributed by atoms with Crippen LogP contribution in [0.15, 0.2) is 24.3 Å². The highest BCUT2D eigenvalue weighted by atomic mass is 16.4. The van der Waals surface area contributed by atoms with E-state index >= 15 is 0 Å². The van der Waals surface area contributed by atoms with Crippen LogP contribution in [0.5, 0.6) is 0 Å². The Labute approximate surface area is 105 Å². The SMILES string of the molecule is CCCc1nc(-c2ccccc2C(=O)O)n(C)n1. The number of aryl methyl sites for hydroxylation is 2. The molecule has 2 rings (SSSR count). The minimum absolute atomic E-state index is 0.246. The third kappa shape index (κ3) is 2.25. The van der Waals surface area contributed by atoms with Crippen LogP contribution in [0.1, 0.15) is 29.5 Å². The van der Waals surface area contributed by atoms with Crippen LogP contribution in [0.25, 0.3) is 11.4 Å². The number of benzene rings is 1. The van der Waals surface area contributed by atoms with Gasteiger partial charge in [-0.05, 0) is 12.5 Å². The summed E-state index contributed by atoms with van der Waals surface area (Å²) in [6.07, 6.45) is 1.76. The van der Waals surface area contributed by atoms with Crippen molar-refractivity contribution in [2.45, 2.75) is 19.8 Å². The fourth-order valence-corrected chi connectivity index (χ4v) is 1.87. The summed E-state index contributed by atoms with van der Waals surface area (Å²) in [5, 5.41) is 13.5. The maximum absolute atomic E-state index is 11.2. The Morgan fingerprint density at radius 1 is 1.39 bits per heavy atom. The smallest absolute Gasteiger partial charge is 0.336 e. The van der Waals surface area contributed by atoms with Crippen LogP contribution in [-0.4, -0.2) is 25.8 Å². The van der Waals surface area contributed by atoms with Crippen LogP contribution in [0.3, 0.4) is 0 Å². The van der Waals surface area contributed by atoms with Crippen LogP contribution in [-0.2, 0) is 13.5 Å². The zero-order valence-corrected chi connectivity index (χ0v) is 10.4. The van der Waals surface area contributed by atoms with E-state index in [-0.39, 0.29) is 5.56 Å². The van der Waals surface area contributed by atoms with E-state index in [1.165, 1.54) is 0 Å². The molecule has 0 spiro atoms. The fraction of sp³-hybridized carbons (Fsp3) is 0.308. The van der Waals surface area contributed by atoms with E-state index in [2.05, 4.69) is 17.0 Å². The topological polar surface area (TPSA) is 68.0 Å². The molecule has 0 bridgehead atoms. The van der Waals surface area contributed by atoms with E-state index in [1.54, 1.807) is 36.0 Å². The lowest BCUT2D eigenvalue weighted by Crippen LogP contribution is -2.02. The maximum atomic E-state index is 11.2. The lowest BCUT2D eigenvalue weighted by atomic mass is 10.1. The van der Waals surface area contributed by atoms with Crippen LogP contribution in [0.2, 0.25) is 0 Å². The van der Waals surface area contributed by atoms with E-state index in [1.807, 2.05) is 0 Å². The lowest BCUT2D eigenvalue weighted by Gasteiger charge is -2.03.